The first-order chi connectivity index (χ1) is 17.6. The van der Waals surface area contributed by atoms with Crippen molar-refractivity contribution in [3.8, 4) is 0 Å². The second kappa shape index (κ2) is 22.4. The van der Waals surface area contributed by atoms with E-state index in [0.29, 0.717) is 17.4 Å². The zero-order valence-corrected chi connectivity index (χ0v) is 24.3. The maximum absolute atomic E-state index is 11.8. The van der Waals surface area contributed by atoms with Gasteiger partial charge in [0.25, 0.3) is 0 Å². The lowest BCUT2D eigenvalue weighted by Gasteiger charge is -2.24. The molecule has 9 heteroatoms. The molecule has 0 fully saturated rings. The van der Waals surface area contributed by atoms with Gasteiger partial charge in [0.2, 0.25) is 0 Å². The van der Waals surface area contributed by atoms with Gasteiger partial charge < -0.3 is 19.2 Å². The van der Waals surface area contributed by atoms with E-state index >= 15 is 0 Å². The number of phosphoric ester groups is 1. The number of nitrogens with zero attached hydrogens (tertiary/aromatic N) is 1. The highest BCUT2D eigenvalue weighted by Gasteiger charge is 2.24. The molecule has 0 heterocycles. The maximum atomic E-state index is 11.8. The maximum Gasteiger partial charge on any atom is 0.472 e. The largest absolute Gasteiger partial charge is 0.472 e. The van der Waals surface area contributed by atoms with Gasteiger partial charge in [-0.05, 0) is 44.9 Å². The van der Waals surface area contributed by atoms with E-state index in [2.05, 4.69) is 49.5 Å². The van der Waals surface area contributed by atoms with Gasteiger partial charge in [-0.2, -0.15) is 0 Å². The molecule has 0 aromatic heterocycles. The van der Waals surface area contributed by atoms with Crippen molar-refractivity contribution in [3.63, 3.8) is 0 Å². The molecule has 0 aromatic carbocycles. The number of phosphoric acid groups is 1. The smallest absolute Gasteiger partial charge is 0.463 e. The molecular formula is C28H51NO7P+. The first kappa shape index (κ1) is 35.5. The van der Waals surface area contributed by atoms with E-state index in [1.54, 1.807) is 0 Å². The summed E-state index contributed by atoms with van der Waals surface area (Å²) in [6, 6.07) is 0. The number of hydrogen-bond donors (Lipinski definition) is 2. The van der Waals surface area contributed by atoms with Gasteiger partial charge in [0.15, 0.2) is 0 Å². The number of esters is 1. The molecule has 2 unspecified atom stereocenters. The molecule has 214 valence electrons. The van der Waals surface area contributed by atoms with Crippen LogP contribution in [-0.2, 0) is 23.1 Å². The zero-order valence-electron chi connectivity index (χ0n) is 23.4. The van der Waals surface area contributed by atoms with E-state index in [1.807, 2.05) is 27.2 Å². The molecule has 0 spiro atoms. The highest BCUT2D eigenvalue weighted by atomic mass is 31.2. The number of likely N-dealkylation sites (N-methyl/N-ethyl adjacent to an activating group) is 1. The van der Waals surface area contributed by atoms with Crippen LogP contribution >= 0.6 is 7.82 Å². The number of unbranched alkanes of at least 4 members (excludes halogenated alkanes) is 4. The Kier molecular flexibility index (Phi) is 21.5. The van der Waals surface area contributed by atoms with E-state index in [-0.39, 0.29) is 19.6 Å². The lowest BCUT2D eigenvalue weighted by atomic mass is 10.2. The molecule has 0 amide bonds. The second-order valence-electron chi connectivity index (χ2n) is 9.93. The number of carbonyl (C=O) groups is 1. The first-order valence-corrected chi connectivity index (χ1v) is 14.9. The number of aliphatic hydroxyl groups is 1. The van der Waals surface area contributed by atoms with Crippen LogP contribution in [0, 0.1) is 0 Å². The topological polar surface area (TPSA) is 102 Å². The Balaban J connectivity index is 3.76. The number of ether oxygens (including phenoxy) is 1. The average Bonchev–Trinajstić information content (AvgIpc) is 2.82. The average molecular weight is 545 g/mol. The minimum absolute atomic E-state index is 0.0435. The fourth-order valence-corrected chi connectivity index (χ4v) is 3.63. The summed E-state index contributed by atoms with van der Waals surface area (Å²) in [4.78, 5) is 21.4. The predicted octanol–water partition coefficient (Wildman–Crippen LogP) is 5.88. The zero-order chi connectivity index (χ0) is 27.8. The van der Waals surface area contributed by atoms with E-state index in [1.165, 1.54) is 25.7 Å². The van der Waals surface area contributed by atoms with Gasteiger partial charge in [0.05, 0.1) is 27.7 Å². The molecule has 0 aliphatic heterocycles. The third-order valence-corrected chi connectivity index (χ3v) is 6.08. The molecule has 2 N–H and O–H groups in total. The minimum Gasteiger partial charge on any atom is -0.463 e. The monoisotopic (exact) mass is 544 g/mol. The third kappa shape index (κ3) is 27.3. The standard InChI is InChI=1S/C28H50NO7P/c1-5-6-7-8-9-10-11-12-13-14-15-16-17-18-19-20-21-22-28(31)34-25-27(30)26-36-37(32,33)35-24-23-29(2,3)4/h9-10,12-13,15-16,18-19,27,30H,5-8,11,14,17,20-26H2,1-4H3/p+1/b10-9-,13-12-,16-15-,19-18-. The van der Waals surface area contributed by atoms with E-state index in [9.17, 15) is 19.4 Å². The van der Waals surface area contributed by atoms with E-state index in [4.69, 9.17) is 13.8 Å². The molecule has 2 atom stereocenters. The van der Waals surface area contributed by atoms with Crippen LogP contribution in [0.1, 0.15) is 71.1 Å². The van der Waals surface area contributed by atoms with Crippen LogP contribution < -0.4 is 0 Å². The molecule has 0 aromatic rings. The molecule has 0 radical (unpaired) electrons. The van der Waals surface area contributed by atoms with Crippen LogP contribution in [0.3, 0.4) is 0 Å². The fourth-order valence-electron chi connectivity index (χ4n) is 2.88. The SMILES string of the molecule is CCCCC/C=C\C/C=C\C/C=C\C/C=C\CCCC(=O)OCC(O)COP(=O)(O)OCC[N+](C)(C)C. The van der Waals surface area contributed by atoms with Gasteiger partial charge in [-0.15, -0.1) is 0 Å². The van der Waals surface area contributed by atoms with Gasteiger partial charge in [-0.3, -0.25) is 13.8 Å². The molecule has 0 aliphatic rings. The van der Waals surface area contributed by atoms with Crippen LogP contribution in [0.15, 0.2) is 48.6 Å². The Morgan fingerprint density at radius 2 is 1.38 bits per heavy atom. The summed E-state index contributed by atoms with van der Waals surface area (Å²) >= 11 is 0. The number of carbonyl (C=O) groups excluding carboxylic acids is 1. The van der Waals surface area contributed by atoms with Gasteiger partial charge in [0, 0.05) is 6.42 Å². The Labute approximate surface area is 224 Å². The van der Waals surface area contributed by atoms with Gasteiger partial charge >= 0.3 is 13.8 Å². The predicted molar refractivity (Wildman–Crippen MR) is 150 cm³/mol. The summed E-state index contributed by atoms with van der Waals surface area (Å²) in [6.45, 7) is 2.02. The molecule has 0 rings (SSSR count). The number of quaternary nitrogens is 1. The highest BCUT2D eigenvalue weighted by molar-refractivity contribution is 7.47. The molecule has 0 saturated carbocycles. The Morgan fingerprint density at radius 3 is 1.92 bits per heavy atom. The molecular weight excluding hydrogens is 493 g/mol. The fraction of sp³-hybridized carbons (Fsp3) is 0.679. The van der Waals surface area contributed by atoms with Crippen molar-refractivity contribution in [1.29, 1.82) is 0 Å². The van der Waals surface area contributed by atoms with Crippen molar-refractivity contribution in [3.05, 3.63) is 48.6 Å². The summed E-state index contributed by atoms with van der Waals surface area (Å²) in [5.74, 6) is -0.429. The Hall–Kier alpha value is -1.54. The third-order valence-electron chi connectivity index (χ3n) is 5.09. The van der Waals surface area contributed by atoms with E-state index < -0.39 is 26.5 Å². The van der Waals surface area contributed by atoms with E-state index in [0.717, 1.165) is 25.7 Å². The lowest BCUT2D eigenvalue weighted by molar-refractivity contribution is -0.870. The van der Waals surface area contributed by atoms with Crippen molar-refractivity contribution in [2.75, 3.05) is 47.5 Å². The quantitative estimate of drug-likeness (QED) is 0.0545. The van der Waals surface area contributed by atoms with Crippen LogP contribution in [0.25, 0.3) is 0 Å². The second-order valence-corrected chi connectivity index (χ2v) is 11.4. The summed E-state index contributed by atoms with van der Waals surface area (Å²) in [6.07, 6.45) is 25.5. The molecule has 37 heavy (non-hydrogen) atoms. The summed E-state index contributed by atoms with van der Waals surface area (Å²) in [5.41, 5.74) is 0. The Bertz CT molecular complexity index is 741. The highest BCUT2D eigenvalue weighted by Crippen LogP contribution is 2.43. The summed E-state index contributed by atoms with van der Waals surface area (Å²) in [7, 11) is 1.52. The van der Waals surface area contributed by atoms with Crippen molar-refractivity contribution >= 4 is 13.8 Å². The normalized spacial score (nSPS) is 15.3. The summed E-state index contributed by atoms with van der Waals surface area (Å²) in [5, 5.41) is 9.82. The molecule has 8 nitrogen and oxygen atoms in total. The van der Waals surface area contributed by atoms with Crippen LogP contribution in [-0.4, -0.2) is 74.1 Å². The number of aliphatic hydroxyl groups excluding tert-OH is 1. The molecule has 0 bridgehead atoms. The number of allylic oxidation sites excluding steroid dienone is 8. The van der Waals surface area contributed by atoms with Crippen molar-refractivity contribution in [1.82, 2.24) is 0 Å². The minimum atomic E-state index is -4.26. The van der Waals surface area contributed by atoms with Gasteiger partial charge in [-0.25, -0.2) is 4.57 Å². The summed E-state index contributed by atoms with van der Waals surface area (Å²) < 4.78 is 27.0. The van der Waals surface area contributed by atoms with Crippen molar-refractivity contribution in [2.24, 2.45) is 0 Å². The number of rotatable bonds is 23. The Morgan fingerprint density at radius 1 is 0.838 bits per heavy atom. The molecule has 0 aliphatic carbocycles. The first-order valence-electron chi connectivity index (χ1n) is 13.4. The van der Waals surface area contributed by atoms with Crippen molar-refractivity contribution in [2.45, 2.75) is 77.2 Å². The van der Waals surface area contributed by atoms with Crippen LogP contribution in [0.4, 0.5) is 0 Å². The lowest BCUT2D eigenvalue weighted by Crippen LogP contribution is -2.37. The van der Waals surface area contributed by atoms with Crippen LogP contribution in [0.2, 0.25) is 0 Å². The van der Waals surface area contributed by atoms with Crippen molar-refractivity contribution < 1.29 is 37.6 Å². The van der Waals surface area contributed by atoms with Gasteiger partial charge in [0.1, 0.15) is 25.9 Å². The number of hydrogen-bond acceptors (Lipinski definition) is 6. The molecule has 0 saturated heterocycles. The van der Waals surface area contributed by atoms with Crippen LogP contribution in [0.5, 0.6) is 0 Å². The van der Waals surface area contributed by atoms with Gasteiger partial charge in [-0.1, -0.05) is 68.4 Å².